The van der Waals surface area contributed by atoms with Gasteiger partial charge in [0.1, 0.15) is 11.9 Å². The van der Waals surface area contributed by atoms with E-state index < -0.39 is 0 Å². The van der Waals surface area contributed by atoms with Crippen molar-refractivity contribution in [3.05, 3.63) is 30.5 Å². The molecule has 1 aromatic carbocycles. The standard InChI is InChI=1S/C24H34N4O3/c29-24-7-12-27(14-9-25-24)16-15-26-10-4-20(5-11-26)31-23-3-1-2-22-21(23)6-13-28(22)19-8-17-30-18-19/h1-3,6,13,19-20H,4-5,7-12,14-18H2,(H,25,29). The van der Waals surface area contributed by atoms with Gasteiger partial charge in [0, 0.05) is 70.4 Å². The van der Waals surface area contributed by atoms with Crippen molar-refractivity contribution in [1.82, 2.24) is 19.7 Å². The van der Waals surface area contributed by atoms with Crippen molar-refractivity contribution in [2.45, 2.75) is 37.8 Å². The summed E-state index contributed by atoms with van der Waals surface area (Å²) in [5.74, 6) is 1.19. The van der Waals surface area contributed by atoms with Crippen molar-refractivity contribution < 1.29 is 14.3 Å². The molecule has 3 saturated heterocycles. The highest BCUT2D eigenvalue weighted by atomic mass is 16.5. The molecule has 0 saturated carbocycles. The van der Waals surface area contributed by atoms with E-state index in [1.54, 1.807) is 0 Å². The van der Waals surface area contributed by atoms with Crippen molar-refractivity contribution in [3.8, 4) is 5.75 Å². The first-order valence-electron chi connectivity index (χ1n) is 11.8. The van der Waals surface area contributed by atoms with E-state index in [0.29, 0.717) is 12.5 Å². The molecule has 1 aromatic heterocycles. The van der Waals surface area contributed by atoms with Gasteiger partial charge in [-0.1, -0.05) is 6.07 Å². The van der Waals surface area contributed by atoms with E-state index in [-0.39, 0.29) is 12.0 Å². The number of carbonyl (C=O) groups is 1. The third kappa shape index (κ3) is 4.89. The van der Waals surface area contributed by atoms with Crippen molar-refractivity contribution in [1.29, 1.82) is 0 Å². The van der Waals surface area contributed by atoms with Gasteiger partial charge in [-0.05, 0) is 37.5 Å². The van der Waals surface area contributed by atoms with E-state index in [4.69, 9.17) is 9.47 Å². The number of amides is 1. The van der Waals surface area contributed by atoms with Crippen LogP contribution in [0.3, 0.4) is 0 Å². The van der Waals surface area contributed by atoms with Gasteiger partial charge in [0.25, 0.3) is 0 Å². The topological polar surface area (TPSA) is 59.0 Å². The number of benzene rings is 1. The molecule has 0 radical (unpaired) electrons. The van der Waals surface area contributed by atoms with E-state index in [0.717, 1.165) is 84.0 Å². The van der Waals surface area contributed by atoms with E-state index in [1.165, 1.54) is 10.9 Å². The first-order valence-corrected chi connectivity index (χ1v) is 11.8. The minimum Gasteiger partial charge on any atom is -0.490 e. The highest BCUT2D eigenvalue weighted by molar-refractivity contribution is 5.86. The van der Waals surface area contributed by atoms with Crippen molar-refractivity contribution in [2.24, 2.45) is 0 Å². The largest absolute Gasteiger partial charge is 0.490 e. The Morgan fingerprint density at radius 1 is 1.03 bits per heavy atom. The van der Waals surface area contributed by atoms with Gasteiger partial charge in [-0.25, -0.2) is 0 Å². The zero-order valence-corrected chi connectivity index (χ0v) is 18.3. The molecule has 5 rings (SSSR count). The number of nitrogens with one attached hydrogen (secondary N) is 1. The zero-order chi connectivity index (χ0) is 21.0. The first kappa shape index (κ1) is 20.8. The summed E-state index contributed by atoms with van der Waals surface area (Å²) in [6, 6.07) is 9.04. The van der Waals surface area contributed by atoms with Gasteiger partial charge in [-0.15, -0.1) is 0 Å². The Hall–Kier alpha value is -2.09. The molecule has 31 heavy (non-hydrogen) atoms. The predicted octanol–water partition coefficient (Wildman–Crippen LogP) is 2.27. The lowest BCUT2D eigenvalue weighted by Gasteiger charge is -2.33. The normalized spacial score (nSPS) is 24.4. The van der Waals surface area contributed by atoms with E-state index in [2.05, 4.69) is 50.1 Å². The van der Waals surface area contributed by atoms with E-state index in [9.17, 15) is 4.79 Å². The molecule has 0 bridgehead atoms. The molecular formula is C24H34N4O3. The molecule has 3 aliphatic heterocycles. The number of aromatic nitrogens is 1. The summed E-state index contributed by atoms with van der Waals surface area (Å²) in [5.41, 5.74) is 1.25. The average Bonchev–Trinajstić information content (AvgIpc) is 3.42. The molecule has 1 N–H and O–H groups in total. The predicted molar refractivity (Wildman–Crippen MR) is 121 cm³/mol. The number of piperidine rings is 1. The molecule has 4 heterocycles. The van der Waals surface area contributed by atoms with Crippen LogP contribution in [0.1, 0.15) is 31.7 Å². The molecule has 3 fully saturated rings. The lowest BCUT2D eigenvalue weighted by Crippen LogP contribution is -2.42. The van der Waals surface area contributed by atoms with Gasteiger partial charge >= 0.3 is 0 Å². The minimum absolute atomic E-state index is 0.183. The van der Waals surface area contributed by atoms with Crippen molar-refractivity contribution in [2.75, 3.05) is 59.0 Å². The number of fused-ring (bicyclic) bond motifs is 1. The third-order valence-corrected chi connectivity index (χ3v) is 6.99. The SMILES string of the molecule is O=C1CCN(CCN2CCC(Oc3cccc4c3ccn4C3CCOC3)CC2)CCN1. The summed E-state index contributed by atoms with van der Waals surface area (Å²) < 4.78 is 14.4. The molecule has 168 valence electrons. The fraction of sp³-hybridized carbons (Fsp3) is 0.625. The number of hydrogen-bond acceptors (Lipinski definition) is 5. The number of carbonyl (C=O) groups excluding carboxylic acids is 1. The molecule has 7 nitrogen and oxygen atoms in total. The summed E-state index contributed by atoms with van der Waals surface area (Å²) in [4.78, 5) is 16.4. The number of hydrogen-bond donors (Lipinski definition) is 1. The zero-order valence-electron chi connectivity index (χ0n) is 18.3. The minimum atomic E-state index is 0.183. The Kier molecular flexibility index (Phi) is 6.43. The number of nitrogens with zero attached hydrogens (tertiary/aromatic N) is 3. The van der Waals surface area contributed by atoms with Crippen LogP contribution in [0.2, 0.25) is 0 Å². The Morgan fingerprint density at radius 3 is 2.68 bits per heavy atom. The van der Waals surface area contributed by atoms with Crippen LogP contribution in [0.5, 0.6) is 5.75 Å². The van der Waals surface area contributed by atoms with Gasteiger partial charge in [-0.2, -0.15) is 0 Å². The van der Waals surface area contributed by atoms with Crippen LogP contribution in [0, 0.1) is 0 Å². The van der Waals surface area contributed by atoms with Crippen LogP contribution < -0.4 is 10.1 Å². The molecule has 0 aliphatic carbocycles. The molecule has 0 spiro atoms. The molecular weight excluding hydrogens is 392 g/mol. The van der Waals surface area contributed by atoms with Crippen LogP contribution >= 0.6 is 0 Å². The highest BCUT2D eigenvalue weighted by Crippen LogP contribution is 2.32. The fourth-order valence-electron chi connectivity index (χ4n) is 5.07. The van der Waals surface area contributed by atoms with Crippen LogP contribution in [0.15, 0.2) is 30.5 Å². The van der Waals surface area contributed by atoms with Gasteiger partial charge in [0.05, 0.1) is 18.2 Å². The lowest BCUT2D eigenvalue weighted by atomic mass is 10.1. The number of rotatable bonds is 6. The summed E-state index contributed by atoms with van der Waals surface area (Å²) in [7, 11) is 0. The quantitative estimate of drug-likeness (QED) is 0.768. The smallest absolute Gasteiger partial charge is 0.221 e. The Labute approximate surface area is 184 Å². The van der Waals surface area contributed by atoms with Crippen LogP contribution in [0.4, 0.5) is 0 Å². The van der Waals surface area contributed by atoms with Gasteiger partial charge in [-0.3, -0.25) is 9.69 Å². The first-order chi connectivity index (χ1) is 15.3. The van der Waals surface area contributed by atoms with Crippen molar-refractivity contribution >= 4 is 16.8 Å². The Bertz CT molecular complexity index is 884. The van der Waals surface area contributed by atoms with Gasteiger partial charge < -0.3 is 24.3 Å². The maximum atomic E-state index is 11.5. The molecule has 7 heteroatoms. The average molecular weight is 427 g/mol. The Morgan fingerprint density at radius 2 is 1.87 bits per heavy atom. The molecule has 1 unspecified atom stereocenters. The van der Waals surface area contributed by atoms with Gasteiger partial charge in [0.2, 0.25) is 5.91 Å². The maximum Gasteiger partial charge on any atom is 0.221 e. The number of ether oxygens (including phenoxy) is 2. The van der Waals surface area contributed by atoms with Crippen LogP contribution in [0.25, 0.3) is 10.9 Å². The second-order valence-corrected chi connectivity index (χ2v) is 9.03. The summed E-state index contributed by atoms with van der Waals surface area (Å²) in [6.07, 6.45) is 6.29. The maximum absolute atomic E-state index is 11.5. The lowest BCUT2D eigenvalue weighted by molar-refractivity contribution is -0.120. The van der Waals surface area contributed by atoms with E-state index >= 15 is 0 Å². The monoisotopic (exact) mass is 426 g/mol. The second-order valence-electron chi connectivity index (χ2n) is 9.03. The molecule has 3 aliphatic rings. The summed E-state index contributed by atoms with van der Waals surface area (Å²) in [5, 5.41) is 4.16. The van der Waals surface area contributed by atoms with Crippen LogP contribution in [-0.2, 0) is 9.53 Å². The van der Waals surface area contributed by atoms with Gasteiger partial charge in [0.15, 0.2) is 0 Å². The summed E-state index contributed by atoms with van der Waals surface area (Å²) >= 11 is 0. The number of likely N-dealkylation sites (tertiary alicyclic amines) is 1. The Balaban J connectivity index is 1.13. The summed E-state index contributed by atoms with van der Waals surface area (Å²) in [6.45, 7) is 8.53. The second kappa shape index (κ2) is 9.59. The molecule has 1 atom stereocenters. The molecule has 2 aromatic rings. The fourth-order valence-corrected chi connectivity index (χ4v) is 5.07. The highest BCUT2D eigenvalue weighted by Gasteiger charge is 2.23. The third-order valence-electron chi connectivity index (χ3n) is 6.99. The van der Waals surface area contributed by atoms with Crippen LogP contribution in [-0.4, -0.2) is 85.4 Å². The van der Waals surface area contributed by atoms with E-state index in [1.807, 2.05) is 0 Å². The molecule has 1 amide bonds. The van der Waals surface area contributed by atoms with Crippen molar-refractivity contribution in [3.63, 3.8) is 0 Å².